The molecule has 0 aliphatic rings. The molecule has 0 atom stereocenters. The van der Waals surface area contributed by atoms with E-state index in [0.717, 1.165) is 11.3 Å². The van der Waals surface area contributed by atoms with Crippen molar-refractivity contribution in [3.8, 4) is 5.75 Å². The SMILES string of the molecule is CN=C(NCCOc1ccccc1)NCc1ccc(COCC(F)(F)F)cc1.I. The van der Waals surface area contributed by atoms with Crippen molar-refractivity contribution in [1.82, 2.24) is 10.6 Å². The van der Waals surface area contributed by atoms with Gasteiger partial charge in [-0.25, -0.2) is 0 Å². The number of nitrogens with one attached hydrogen (secondary N) is 2. The average Bonchev–Trinajstić information content (AvgIpc) is 2.68. The summed E-state index contributed by atoms with van der Waals surface area (Å²) in [4.78, 5) is 4.14. The summed E-state index contributed by atoms with van der Waals surface area (Å²) in [5.41, 5.74) is 1.66. The number of hydrogen-bond donors (Lipinski definition) is 2. The van der Waals surface area contributed by atoms with E-state index in [9.17, 15) is 13.2 Å². The topological polar surface area (TPSA) is 54.9 Å². The molecule has 0 unspecified atom stereocenters. The quantitative estimate of drug-likeness (QED) is 0.225. The molecule has 0 aliphatic carbocycles. The van der Waals surface area contributed by atoms with Gasteiger partial charge in [-0.3, -0.25) is 4.99 Å². The molecule has 160 valence electrons. The highest BCUT2D eigenvalue weighted by Gasteiger charge is 2.27. The zero-order chi connectivity index (χ0) is 20.2. The highest BCUT2D eigenvalue weighted by molar-refractivity contribution is 14.0. The van der Waals surface area contributed by atoms with Crippen LogP contribution in [0.4, 0.5) is 13.2 Å². The molecule has 2 N–H and O–H groups in total. The molecule has 29 heavy (non-hydrogen) atoms. The molecule has 2 rings (SSSR count). The van der Waals surface area contributed by atoms with E-state index in [0.29, 0.717) is 31.2 Å². The molecular weight excluding hydrogens is 498 g/mol. The van der Waals surface area contributed by atoms with Crippen LogP contribution >= 0.6 is 24.0 Å². The molecule has 0 fully saturated rings. The Morgan fingerprint density at radius 3 is 2.24 bits per heavy atom. The van der Waals surface area contributed by atoms with Crippen molar-refractivity contribution >= 4 is 29.9 Å². The van der Waals surface area contributed by atoms with E-state index < -0.39 is 12.8 Å². The van der Waals surface area contributed by atoms with E-state index in [1.165, 1.54) is 0 Å². The van der Waals surface area contributed by atoms with Crippen molar-refractivity contribution in [2.75, 3.05) is 26.8 Å². The van der Waals surface area contributed by atoms with Crippen LogP contribution in [0.5, 0.6) is 5.75 Å². The van der Waals surface area contributed by atoms with Gasteiger partial charge in [-0.2, -0.15) is 13.2 Å². The van der Waals surface area contributed by atoms with Crippen molar-refractivity contribution < 1.29 is 22.6 Å². The summed E-state index contributed by atoms with van der Waals surface area (Å²) in [6, 6.07) is 16.7. The first kappa shape index (κ1) is 25.0. The van der Waals surface area contributed by atoms with Gasteiger partial charge in [0.25, 0.3) is 0 Å². The molecule has 0 saturated heterocycles. The van der Waals surface area contributed by atoms with E-state index in [4.69, 9.17) is 4.74 Å². The number of para-hydroxylation sites is 1. The third-order valence-electron chi connectivity index (χ3n) is 3.65. The van der Waals surface area contributed by atoms with Crippen LogP contribution in [0, 0.1) is 0 Å². The molecular formula is C20H25F3IN3O2. The molecule has 2 aromatic rings. The highest BCUT2D eigenvalue weighted by Crippen LogP contribution is 2.15. The van der Waals surface area contributed by atoms with E-state index in [1.807, 2.05) is 42.5 Å². The lowest BCUT2D eigenvalue weighted by Crippen LogP contribution is -2.38. The van der Waals surface area contributed by atoms with Crippen molar-refractivity contribution in [2.45, 2.75) is 19.3 Å². The van der Waals surface area contributed by atoms with Gasteiger partial charge in [-0.1, -0.05) is 42.5 Å². The smallest absolute Gasteiger partial charge is 0.411 e. The van der Waals surface area contributed by atoms with E-state index >= 15 is 0 Å². The van der Waals surface area contributed by atoms with Crippen LogP contribution in [0.15, 0.2) is 59.6 Å². The minimum Gasteiger partial charge on any atom is -0.492 e. The Balaban J connectivity index is 0.00000420. The number of rotatable bonds is 9. The number of ether oxygens (including phenoxy) is 2. The Morgan fingerprint density at radius 1 is 0.966 bits per heavy atom. The van der Waals surface area contributed by atoms with Crippen LogP contribution in [-0.4, -0.2) is 38.9 Å². The molecule has 0 amide bonds. The van der Waals surface area contributed by atoms with Gasteiger partial charge in [0.2, 0.25) is 0 Å². The number of alkyl halides is 3. The zero-order valence-electron chi connectivity index (χ0n) is 16.0. The van der Waals surface area contributed by atoms with Gasteiger partial charge in [0.15, 0.2) is 5.96 Å². The summed E-state index contributed by atoms with van der Waals surface area (Å²) in [6.07, 6.45) is -4.31. The fraction of sp³-hybridized carbons (Fsp3) is 0.350. The highest BCUT2D eigenvalue weighted by atomic mass is 127. The summed E-state index contributed by atoms with van der Waals surface area (Å²) < 4.78 is 46.5. The Labute approximate surface area is 185 Å². The van der Waals surface area contributed by atoms with Crippen LogP contribution in [0.1, 0.15) is 11.1 Å². The normalized spacial score (nSPS) is 11.5. The summed E-state index contributed by atoms with van der Waals surface area (Å²) in [6.45, 7) is 0.300. The van der Waals surface area contributed by atoms with Gasteiger partial charge >= 0.3 is 6.18 Å². The standard InChI is InChI=1S/C20H24F3N3O2.HI/c1-24-19(25-11-12-28-18-5-3-2-4-6-18)26-13-16-7-9-17(10-8-16)14-27-15-20(21,22)23;/h2-10H,11-15H2,1H3,(H2,24,25,26);1H. The molecule has 9 heteroatoms. The molecule has 5 nitrogen and oxygen atoms in total. The van der Waals surface area contributed by atoms with Gasteiger partial charge in [0, 0.05) is 13.6 Å². The van der Waals surface area contributed by atoms with Crippen LogP contribution in [-0.2, 0) is 17.9 Å². The van der Waals surface area contributed by atoms with Gasteiger partial charge in [-0.05, 0) is 23.3 Å². The first-order valence-corrected chi connectivity index (χ1v) is 8.81. The van der Waals surface area contributed by atoms with Crippen molar-refractivity contribution in [3.05, 3.63) is 65.7 Å². The van der Waals surface area contributed by atoms with Gasteiger partial charge in [-0.15, -0.1) is 24.0 Å². The summed E-state index contributed by atoms with van der Waals surface area (Å²) in [7, 11) is 1.68. The third kappa shape index (κ3) is 10.9. The lowest BCUT2D eigenvalue weighted by molar-refractivity contribution is -0.176. The Morgan fingerprint density at radius 2 is 1.62 bits per heavy atom. The first-order valence-electron chi connectivity index (χ1n) is 8.81. The Kier molecular flexibility index (Phi) is 11.4. The lowest BCUT2D eigenvalue weighted by atomic mass is 10.1. The molecule has 0 spiro atoms. The average molecular weight is 523 g/mol. The van der Waals surface area contributed by atoms with Crippen LogP contribution in [0.25, 0.3) is 0 Å². The predicted molar refractivity (Wildman–Crippen MR) is 118 cm³/mol. The van der Waals surface area contributed by atoms with Crippen molar-refractivity contribution in [2.24, 2.45) is 4.99 Å². The predicted octanol–water partition coefficient (Wildman–Crippen LogP) is 4.13. The number of guanidine groups is 1. The second-order valence-electron chi connectivity index (χ2n) is 5.94. The molecule has 2 aromatic carbocycles. The zero-order valence-corrected chi connectivity index (χ0v) is 18.4. The summed E-state index contributed by atoms with van der Waals surface area (Å²) in [5, 5.41) is 6.32. The van der Waals surface area contributed by atoms with Gasteiger partial charge < -0.3 is 20.1 Å². The molecule has 0 heterocycles. The maximum absolute atomic E-state index is 12.1. The monoisotopic (exact) mass is 523 g/mol. The second kappa shape index (κ2) is 13.3. The maximum atomic E-state index is 12.1. The molecule has 0 radical (unpaired) electrons. The van der Waals surface area contributed by atoms with E-state index in [1.54, 1.807) is 19.2 Å². The summed E-state index contributed by atoms with van der Waals surface area (Å²) >= 11 is 0. The Bertz CT molecular complexity index is 726. The van der Waals surface area contributed by atoms with Crippen molar-refractivity contribution in [1.29, 1.82) is 0 Å². The Hall–Kier alpha value is -2.01. The maximum Gasteiger partial charge on any atom is 0.411 e. The van der Waals surface area contributed by atoms with E-state index in [2.05, 4.69) is 20.4 Å². The number of hydrogen-bond acceptors (Lipinski definition) is 3. The van der Waals surface area contributed by atoms with Gasteiger partial charge in [0.05, 0.1) is 13.2 Å². The number of benzene rings is 2. The van der Waals surface area contributed by atoms with Crippen LogP contribution in [0.3, 0.4) is 0 Å². The van der Waals surface area contributed by atoms with Crippen LogP contribution in [0.2, 0.25) is 0 Å². The molecule has 0 aliphatic heterocycles. The van der Waals surface area contributed by atoms with Gasteiger partial charge in [0.1, 0.15) is 19.0 Å². The third-order valence-corrected chi connectivity index (χ3v) is 3.65. The fourth-order valence-electron chi connectivity index (χ4n) is 2.30. The molecule has 0 aromatic heterocycles. The summed E-state index contributed by atoms with van der Waals surface area (Å²) in [5.74, 6) is 1.45. The number of halogens is 4. The number of nitrogens with zero attached hydrogens (tertiary/aromatic N) is 1. The minimum absolute atomic E-state index is 0. The molecule has 0 bridgehead atoms. The largest absolute Gasteiger partial charge is 0.492 e. The van der Waals surface area contributed by atoms with Crippen molar-refractivity contribution in [3.63, 3.8) is 0 Å². The number of aliphatic imine (C=N–C) groups is 1. The molecule has 0 saturated carbocycles. The lowest BCUT2D eigenvalue weighted by Gasteiger charge is -2.13. The van der Waals surface area contributed by atoms with Crippen LogP contribution < -0.4 is 15.4 Å². The second-order valence-corrected chi connectivity index (χ2v) is 5.94. The van der Waals surface area contributed by atoms with E-state index in [-0.39, 0.29) is 30.6 Å². The first-order chi connectivity index (χ1) is 13.5. The fourth-order valence-corrected chi connectivity index (χ4v) is 2.30. The minimum atomic E-state index is -4.31.